The zero-order valence-electron chi connectivity index (χ0n) is 13.1. The fourth-order valence-corrected chi connectivity index (χ4v) is 2.61. The van der Waals surface area contributed by atoms with Crippen LogP contribution >= 0.6 is 0 Å². The third kappa shape index (κ3) is 3.73. The molecule has 21 heavy (non-hydrogen) atoms. The van der Waals surface area contributed by atoms with Crippen molar-refractivity contribution >= 4 is 5.91 Å². The maximum atomic E-state index is 12.5. The standard InChI is InChI=1S/C16H24N2O3/c1-4-7-21-11-13-5-6-18(9-13)16(20)14-10-17(3)12(2)8-15(14)19/h8,10,13H,4-7,9,11H2,1-3H3. The Hall–Kier alpha value is -1.62. The number of ether oxygens (including phenoxy) is 1. The molecule has 2 heterocycles. The molecule has 0 bridgehead atoms. The number of hydrogen-bond acceptors (Lipinski definition) is 3. The minimum atomic E-state index is -0.193. The van der Waals surface area contributed by atoms with Crippen LogP contribution < -0.4 is 5.43 Å². The SMILES string of the molecule is CCCOCC1CCN(C(=O)c2cn(C)c(C)cc2=O)C1. The fraction of sp³-hybridized carbons (Fsp3) is 0.625. The molecule has 0 saturated carbocycles. The van der Waals surface area contributed by atoms with Gasteiger partial charge in [0.2, 0.25) is 0 Å². The molecule has 116 valence electrons. The zero-order chi connectivity index (χ0) is 15.4. The Morgan fingerprint density at radius 2 is 2.24 bits per heavy atom. The summed E-state index contributed by atoms with van der Waals surface area (Å²) in [6.45, 7) is 6.78. The second-order valence-corrected chi connectivity index (χ2v) is 5.78. The lowest BCUT2D eigenvalue weighted by molar-refractivity contribution is 0.0752. The molecule has 1 aromatic heterocycles. The summed E-state index contributed by atoms with van der Waals surface area (Å²) in [7, 11) is 1.84. The van der Waals surface area contributed by atoms with Gasteiger partial charge in [0.1, 0.15) is 5.56 Å². The number of pyridine rings is 1. The Morgan fingerprint density at radius 3 is 2.95 bits per heavy atom. The van der Waals surface area contributed by atoms with Gasteiger partial charge in [-0.05, 0) is 19.8 Å². The molecule has 1 unspecified atom stereocenters. The molecule has 0 N–H and O–H groups in total. The Bertz CT molecular complexity index is 565. The van der Waals surface area contributed by atoms with Crippen LogP contribution in [0.2, 0.25) is 0 Å². The van der Waals surface area contributed by atoms with Gasteiger partial charge in [0.05, 0.1) is 6.61 Å². The summed E-state index contributed by atoms with van der Waals surface area (Å²) < 4.78 is 7.37. The minimum Gasteiger partial charge on any atom is -0.381 e. The molecule has 0 aromatic carbocycles. The first-order chi connectivity index (χ1) is 10.0. The van der Waals surface area contributed by atoms with E-state index in [9.17, 15) is 9.59 Å². The third-order valence-electron chi connectivity index (χ3n) is 3.99. The lowest BCUT2D eigenvalue weighted by atomic mass is 10.1. The van der Waals surface area contributed by atoms with Gasteiger partial charge in [-0.25, -0.2) is 0 Å². The molecule has 0 spiro atoms. The third-order valence-corrected chi connectivity index (χ3v) is 3.99. The van der Waals surface area contributed by atoms with Gasteiger partial charge in [-0.15, -0.1) is 0 Å². The second kappa shape index (κ2) is 6.89. The van der Waals surface area contributed by atoms with E-state index in [1.807, 2.05) is 18.5 Å². The number of rotatable bonds is 5. The Morgan fingerprint density at radius 1 is 1.48 bits per heavy atom. The molecule has 1 aliphatic rings. The minimum absolute atomic E-state index is 0.159. The van der Waals surface area contributed by atoms with Gasteiger partial charge in [-0.1, -0.05) is 6.92 Å². The molecule has 5 heteroatoms. The van der Waals surface area contributed by atoms with Gasteiger partial charge in [0, 0.05) is 50.6 Å². The quantitative estimate of drug-likeness (QED) is 0.774. The Labute approximate surface area is 125 Å². The van der Waals surface area contributed by atoms with Crippen molar-refractivity contribution in [3.05, 3.63) is 33.7 Å². The van der Waals surface area contributed by atoms with Crippen molar-refractivity contribution in [3.63, 3.8) is 0 Å². The highest BCUT2D eigenvalue weighted by Crippen LogP contribution is 2.18. The summed E-state index contributed by atoms with van der Waals surface area (Å²) in [6, 6.07) is 1.52. The fourth-order valence-electron chi connectivity index (χ4n) is 2.61. The number of nitrogens with zero attached hydrogens (tertiary/aromatic N) is 2. The van der Waals surface area contributed by atoms with Gasteiger partial charge in [-0.3, -0.25) is 9.59 Å². The van der Waals surface area contributed by atoms with Gasteiger partial charge in [-0.2, -0.15) is 0 Å². The van der Waals surface area contributed by atoms with E-state index in [0.29, 0.717) is 25.6 Å². The van der Waals surface area contributed by atoms with Crippen molar-refractivity contribution in [2.75, 3.05) is 26.3 Å². The number of aromatic nitrogens is 1. The Balaban J connectivity index is 2.02. The maximum absolute atomic E-state index is 12.5. The van der Waals surface area contributed by atoms with Crippen molar-refractivity contribution in [1.29, 1.82) is 0 Å². The first kappa shape index (κ1) is 15.8. The number of aryl methyl sites for hydroxylation is 2. The van der Waals surface area contributed by atoms with E-state index in [2.05, 4.69) is 6.92 Å². The van der Waals surface area contributed by atoms with Crippen LogP contribution in [0.15, 0.2) is 17.1 Å². The van der Waals surface area contributed by atoms with E-state index in [1.54, 1.807) is 11.1 Å². The van der Waals surface area contributed by atoms with Gasteiger partial charge < -0.3 is 14.2 Å². The topological polar surface area (TPSA) is 51.5 Å². The first-order valence-corrected chi connectivity index (χ1v) is 7.57. The van der Waals surface area contributed by atoms with Crippen LogP contribution in [0.5, 0.6) is 0 Å². The molecular formula is C16H24N2O3. The van der Waals surface area contributed by atoms with E-state index >= 15 is 0 Å². The number of carbonyl (C=O) groups excluding carboxylic acids is 1. The molecule has 1 atom stereocenters. The maximum Gasteiger partial charge on any atom is 0.259 e. The van der Waals surface area contributed by atoms with Crippen molar-refractivity contribution in [1.82, 2.24) is 9.47 Å². The van der Waals surface area contributed by atoms with Crippen LogP contribution in [0.25, 0.3) is 0 Å². The van der Waals surface area contributed by atoms with Crippen LogP contribution in [0.3, 0.4) is 0 Å². The van der Waals surface area contributed by atoms with Gasteiger partial charge in [0.15, 0.2) is 5.43 Å². The van der Waals surface area contributed by atoms with E-state index in [4.69, 9.17) is 4.74 Å². The predicted molar refractivity (Wildman–Crippen MR) is 81.5 cm³/mol. The summed E-state index contributed by atoms with van der Waals surface area (Å²) in [6.07, 6.45) is 3.59. The average molecular weight is 292 g/mol. The highest BCUT2D eigenvalue weighted by Gasteiger charge is 2.28. The molecule has 1 saturated heterocycles. The largest absolute Gasteiger partial charge is 0.381 e. The van der Waals surface area contributed by atoms with Crippen molar-refractivity contribution < 1.29 is 9.53 Å². The van der Waals surface area contributed by atoms with E-state index in [0.717, 1.165) is 25.1 Å². The molecule has 1 fully saturated rings. The lowest BCUT2D eigenvalue weighted by Crippen LogP contribution is -2.33. The number of hydrogen-bond donors (Lipinski definition) is 0. The van der Waals surface area contributed by atoms with Gasteiger partial charge >= 0.3 is 0 Å². The highest BCUT2D eigenvalue weighted by atomic mass is 16.5. The monoisotopic (exact) mass is 292 g/mol. The summed E-state index contributed by atoms with van der Waals surface area (Å²) in [5.74, 6) is 0.225. The highest BCUT2D eigenvalue weighted by molar-refractivity contribution is 5.94. The van der Waals surface area contributed by atoms with Crippen LogP contribution in [-0.4, -0.2) is 41.7 Å². The average Bonchev–Trinajstić information content (AvgIpc) is 2.91. The zero-order valence-corrected chi connectivity index (χ0v) is 13.1. The number of amides is 1. The van der Waals surface area contributed by atoms with E-state index in [1.165, 1.54) is 6.07 Å². The molecule has 0 aliphatic carbocycles. The predicted octanol–water partition coefficient (Wildman–Crippen LogP) is 1.58. The summed E-state index contributed by atoms with van der Waals surface area (Å²) in [5, 5.41) is 0. The Kier molecular flexibility index (Phi) is 5.17. The van der Waals surface area contributed by atoms with E-state index < -0.39 is 0 Å². The van der Waals surface area contributed by atoms with Crippen molar-refractivity contribution in [3.8, 4) is 0 Å². The van der Waals surface area contributed by atoms with E-state index in [-0.39, 0.29) is 16.9 Å². The molecular weight excluding hydrogens is 268 g/mol. The molecule has 2 rings (SSSR count). The lowest BCUT2D eigenvalue weighted by Gasteiger charge is -2.17. The second-order valence-electron chi connectivity index (χ2n) is 5.78. The van der Waals surface area contributed by atoms with Crippen molar-refractivity contribution in [2.24, 2.45) is 13.0 Å². The summed E-state index contributed by atoms with van der Waals surface area (Å²) >= 11 is 0. The summed E-state index contributed by atoms with van der Waals surface area (Å²) in [5.41, 5.74) is 0.920. The van der Waals surface area contributed by atoms with Crippen molar-refractivity contribution in [2.45, 2.75) is 26.7 Å². The van der Waals surface area contributed by atoms with Crippen LogP contribution in [0.1, 0.15) is 35.8 Å². The van der Waals surface area contributed by atoms with Gasteiger partial charge in [0.25, 0.3) is 5.91 Å². The molecule has 5 nitrogen and oxygen atoms in total. The first-order valence-electron chi connectivity index (χ1n) is 7.57. The molecule has 1 aliphatic heterocycles. The van der Waals surface area contributed by atoms with Crippen LogP contribution in [0, 0.1) is 12.8 Å². The number of likely N-dealkylation sites (tertiary alicyclic amines) is 1. The molecule has 0 radical (unpaired) electrons. The van der Waals surface area contributed by atoms with Crippen LogP contribution in [-0.2, 0) is 11.8 Å². The molecule has 1 amide bonds. The van der Waals surface area contributed by atoms with Crippen LogP contribution in [0.4, 0.5) is 0 Å². The molecule has 1 aromatic rings. The summed E-state index contributed by atoms with van der Waals surface area (Å²) in [4.78, 5) is 26.2. The smallest absolute Gasteiger partial charge is 0.259 e. The normalized spacial score (nSPS) is 18.2. The number of carbonyl (C=O) groups is 1.